The van der Waals surface area contributed by atoms with Crippen LogP contribution >= 0.6 is 0 Å². The van der Waals surface area contributed by atoms with Crippen LogP contribution in [0.2, 0.25) is 0 Å². The number of amides is 3. The minimum absolute atomic E-state index is 0.166. The molecule has 2 saturated heterocycles. The maximum absolute atomic E-state index is 13.7. The summed E-state index contributed by atoms with van der Waals surface area (Å²) in [5, 5.41) is 16.3. The molecule has 0 aromatic rings. The van der Waals surface area contributed by atoms with Gasteiger partial charge in [-0.05, 0) is 71.6 Å². The molecule has 3 amide bonds. The van der Waals surface area contributed by atoms with Crippen LogP contribution in [0.1, 0.15) is 117 Å². The van der Waals surface area contributed by atoms with Crippen LogP contribution in [0.4, 0.5) is 0 Å². The first-order valence-electron chi connectivity index (χ1n) is 15.9. The van der Waals surface area contributed by atoms with Gasteiger partial charge in [0.05, 0.1) is 11.6 Å². The van der Waals surface area contributed by atoms with Gasteiger partial charge in [-0.2, -0.15) is 13.1 Å². The number of aliphatic hydroxyl groups is 1. The van der Waals surface area contributed by atoms with Crippen molar-refractivity contribution in [2.45, 2.75) is 153 Å². The van der Waals surface area contributed by atoms with Gasteiger partial charge in [-0.15, -0.1) is 0 Å². The van der Waals surface area contributed by atoms with Crippen molar-refractivity contribution in [3.63, 3.8) is 0 Å². The van der Waals surface area contributed by atoms with E-state index in [4.69, 9.17) is 4.74 Å². The van der Waals surface area contributed by atoms with Crippen molar-refractivity contribution in [3.8, 4) is 0 Å². The zero-order chi connectivity index (χ0) is 30.5. The van der Waals surface area contributed by atoms with E-state index >= 15 is 0 Å². The van der Waals surface area contributed by atoms with Gasteiger partial charge in [-0.1, -0.05) is 51.4 Å². The second kappa shape index (κ2) is 13.9. The number of aliphatic hydroxyl groups excluding tert-OH is 1. The quantitative estimate of drug-likeness (QED) is 0.272. The molecule has 0 aromatic carbocycles. The molecule has 0 aromatic heterocycles. The smallest absolute Gasteiger partial charge is 0.301 e. The van der Waals surface area contributed by atoms with Crippen LogP contribution in [0.15, 0.2) is 0 Å². The van der Waals surface area contributed by atoms with Gasteiger partial charge in [0.15, 0.2) is 0 Å². The second-order valence-electron chi connectivity index (χ2n) is 13.6. The summed E-state index contributed by atoms with van der Waals surface area (Å²) < 4.78 is 36.2. The Hall–Kier alpha value is -1.80. The summed E-state index contributed by atoms with van der Waals surface area (Å²) in [5.74, 6) is -1.62. The number of rotatable bonds is 7. The minimum atomic E-state index is -4.09. The third kappa shape index (κ3) is 8.87. The molecule has 0 spiro atoms. The summed E-state index contributed by atoms with van der Waals surface area (Å²) >= 11 is 0. The standard InChI is InChI=1S/C29H51N5O7S/c1-28(2,3)41-27(38)30-22-16-11-6-4-5-8-13-20-19-29(20,31-24(35)23-17-12-18-34(23)25(22)36)26(37)33-42(39,40)32-21-14-9-7-10-15-21/h20-23,27,30,32,38H,4-19H2,1-3H3,(H,31,35)(H,33,37)/t20-,22+,23+,27?,29-/m1/s1. The van der Waals surface area contributed by atoms with Gasteiger partial charge in [-0.3, -0.25) is 19.7 Å². The van der Waals surface area contributed by atoms with E-state index in [1.165, 1.54) is 4.90 Å². The number of ether oxygens (including phenoxy) is 1. The first-order valence-corrected chi connectivity index (χ1v) is 17.4. The summed E-state index contributed by atoms with van der Waals surface area (Å²) in [7, 11) is -4.09. The lowest BCUT2D eigenvalue weighted by atomic mass is 9.96. The largest absolute Gasteiger partial charge is 0.356 e. The van der Waals surface area contributed by atoms with Crippen molar-refractivity contribution in [3.05, 3.63) is 0 Å². The molecule has 0 bridgehead atoms. The van der Waals surface area contributed by atoms with Gasteiger partial charge >= 0.3 is 10.2 Å². The van der Waals surface area contributed by atoms with Crippen LogP contribution in [0.5, 0.6) is 0 Å². The van der Waals surface area contributed by atoms with E-state index in [0.717, 1.165) is 64.2 Å². The SMILES string of the molecule is CC(C)(C)OC(O)N[C@H]1CCCCCCC[C@@H]2C[C@@]2(C(=O)NS(=O)(=O)NC2CCCCC2)NC(=O)[C@@H]2CCCN2C1=O. The lowest BCUT2D eigenvalue weighted by Crippen LogP contribution is -2.59. The van der Waals surface area contributed by atoms with Crippen molar-refractivity contribution >= 4 is 27.9 Å². The van der Waals surface area contributed by atoms with E-state index in [2.05, 4.69) is 20.1 Å². The Labute approximate surface area is 250 Å². The lowest BCUT2D eigenvalue weighted by Gasteiger charge is -2.32. The zero-order valence-electron chi connectivity index (χ0n) is 25.5. The summed E-state index contributed by atoms with van der Waals surface area (Å²) in [6.07, 6.45) is 10.1. The molecule has 42 heavy (non-hydrogen) atoms. The fourth-order valence-corrected chi connectivity index (χ4v) is 7.90. The van der Waals surface area contributed by atoms with Crippen LogP contribution in [0.3, 0.4) is 0 Å². The van der Waals surface area contributed by atoms with Gasteiger partial charge in [-0.25, -0.2) is 4.72 Å². The van der Waals surface area contributed by atoms with Crippen molar-refractivity contribution in [2.75, 3.05) is 6.54 Å². The summed E-state index contributed by atoms with van der Waals surface area (Å²) in [5.41, 5.74) is -1.94. The predicted molar refractivity (Wildman–Crippen MR) is 157 cm³/mol. The maximum Gasteiger partial charge on any atom is 0.301 e. The first kappa shape index (κ1) is 33.1. The predicted octanol–water partition coefficient (Wildman–Crippen LogP) is 1.93. The molecule has 2 saturated carbocycles. The first-order chi connectivity index (χ1) is 19.8. The molecule has 1 unspecified atom stereocenters. The Kier molecular flexibility index (Phi) is 10.9. The highest BCUT2D eigenvalue weighted by Crippen LogP contribution is 2.47. The van der Waals surface area contributed by atoms with Crippen molar-refractivity contribution < 1.29 is 32.6 Å². The molecule has 4 fully saturated rings. The molecule has 5 N–H and O–H groups in total. The van der Waals surface area contributed by atoms with Crippen molar-refractivity contribution in [1.82, 2.24) is 25.0 Å². The molecule has 13 heteroatoms. The summed E-state index contributed by atoms with van der Waals surface area (Å²) in [4.78, 5) is 42.5. The van der Waals surface area contributed by atoms with Crippen LogP contribution in [-0.4, -0.2) is 78.4 Å². The molecule has 5 atom stereocenters. The Bertz CT molecular complexity index is 1070. The fraction of sp³-hybridized carbons (Fsp3) is 0.897. The Morgan fingerprint density at radius 2 is 1.60 bits per heavy atom. The van der Waals surface area contributed by atoms with E-state index in [-0.39, 0.29) is 17.9 Å². The summed E-state index contributed by atoms with van der Waals surface area (Å²) in [6, 6.07) is -1.72. The Morgan fingerprint density at radius 1 is 0.976 bits per heavy atom. The molecular formula is C29H51N5O7S. The van der Waals surface area contributed by atoms with Crippen LogP contribution in [-0.2, 0) is 29.3 Å². The lowest BCUT2D eigenvalue weighted by molar-refractivity contribution is -0.188. The highest BCUT2D eigenvalue weighted by Gasteiger charge is 2.62. The highest BCUT2D eigenvalue weighted by atomic mass is 32.2. The summed E-state index contributed by atoms with van der Waals surface area (Å²) in [6.45, 7) is 5.82. The van der Waals surface area contributed by atoms with E-state index in [1.807, 2.05) is 20.8 Å². The number of carbonyl (C=O) groups excluding carboxylic acids is 3. The van der Waals surface area contributed by atoms with Crippen LogP contribution in [0, 0.1) is 5.92 Å². The molecule has 4 rings (SSSR count). The molecule has 2 heterocycles. The number of hydrogen-bond donors (Lipinski definition) is 5. The number of fused-ring (bicyclic) bond motifs is 2. The fourth-order valence-electron chi connectivity index (χ4n) is 6.74. The molecule has 0 radical (unpaired) electrons. The number of hydrogen-bond acceptors (Lipinski definition) is 8. The average Bonchev–Trinajstić information content (AvgIpc) is 3.35. The second-order valence-corrected chi connectivity index (χ2v) is 15.0. The van der Waals surface area contributed by atoms with Gasteiger partial charge < -0.3 is 20.1 Å². The third-order valence-corrected chi connectivity index (χ3v) is 10.1. The normalized spacial score (nSPS) is 31.2. The molecule has 2 aliphatic heterocycles. The molecular weight excluding hydrogens is 562 g/mol. The average molecular weight is 614 g/mol. The monoisotopic (exact) mass is 613 g/mol. The Balaban J connectivity index is 1.49. The number of nitrogens with zero attached hydrogens (tertiary/aromatic N) is 1. The van der Waals surface area contributed by atoms with Gasteiger partial charge in [0, 0.05) is 12.6 Å². The molecule has 4 aliphatic rings. The van der Waals surface area contributed by atoms with E-state index < -0.39 is 51.7 Å². The maximum atomic E-state index is 13.7. The zero-order valence-corrected chi connectivity index (χ0v) is 26.3. The van der Waals surface area contributed by atoms with Gasteiger partial charge in [0.25, 0.3) is 5.91 Å². The highest BCUT2D eigenvalue weighted by molar-refractivity contribution is 7.88. The molecule has 12 nitrogen and oxygen atoms in total. The van der Waals surface area contributed by atoms with Crippen molar-refractivity contribution in [1.29, 1.82) is 0 Å². The van der Waals surface area contributed by atoms with E-state index in [0.29, 0.717) is 38.6 Å². The van der Waals surface area contributed by atoms with Crippen LogP contribution in [0.25, 0.3) is 0 Å². The number of nitrogens with one attached hydrogen (secondary N) is 4. The third-order valence-electron chi connectivity index (χ3n) is 9.00. The van der Waals surface area contributed by atoms with Crippen LogP contribution < -0.4 is 20.1 Å². The van der Waals surface area contributed by atoms with E-state index in [1.54, 1.807) is 0 Å². The van der Waals surface area contributed by atoms with Gasteiger partial charge in [0.2, 0.25) is 18.2 Å². The van der Waals surface area contributed by atoms with Gasteiger partial charge in [0.1, 0.15) is 11.6 Å². The van der Waals surface area contributed by atoms with Crippen molar-refractivity contribution in [2.24, 2.45) is 5.92 Å². The topological polar surface area (TPSA) is 166 Å². The molecule has 240 valence electrons. The van der Waals surface area contributed by atoms with E-state index in [9.17, 15) is 27.9 Å². The Morgan fingerprint density at radius 3 is 2.29 bits per heavy atom. The molecule has 2 aliphatic carbocycles. The minimum Gasteiger partial charge on any atom is -0.356 e. The number of carbonyl (C=O) groups is 3.